The van der Waals surface area contributed by atoms with Crippen molar-refractivity contribution in [2.75, 3.05) is 25.0 Å². The van der Waals surface area contributed by atoms with Crippen LogP contribution in [-0.2, 0) is 0 Å². The zero-order chi connectivity index (χ0) is 15.7. The van der Waals surface area contributed by atoms with Crippen molar-refractivity contribution in [1.29, 1.82) is 0 Å². The van der Waals surface area contributed by atoms with Gasteiger partial charge < -0.3 is 10.0 Å². The van der Waals surface area contributed by atoms with Gasteiger partial charge in [0, 0.05) is 37.3 Å². The first kappa shape index (κ1) is 15.2. The van der Waals surface area contributed by atoms with Gasteiger partial charge in [0.25, 0.3) is 5.69 Å². The number of carboxylic acids is 1. The summed E-state index contributed by atoms with van der Waals surface area (Å²) in [7, 11) is 2.04. The molecule has 0 amide bonds. The molecule has 114 valence electrons. The first-order chi connectivity index (χ1) is 9.81. The fourth-order valence-electron chi connectivity index (χ4n) is 2.69. The SMILES string of the molecule is CC1CN(c2ccc([N+](=O)[O-])cc2C(=O)O)CC(C)N1C. The third-order valence-electron chi connectivity index (χ3n) is 4.12. The highest BCUT2D eigenvalue weighted by Gasteiger charge is 2.29. The molecule has 7 heteroatoms. The molecule has 7 nitrogen and oxygen atoms in total. The normalized spacial score (nSPS) is 23.1. The van der Waals surface area contributed by atoms with E-state index in [4.69, 9.17) is 0 Å². The molecule has 1 aromatic rings. The van der Waals surface area contributed by atoms with E-state index in [2.05, 4.69) is 18.7 Å². The van der Waals surface area contributed by atoms with Gasteiger partial charge in [-0.1, -0.05) is 0 Å². The summed E-state index contributed by atoms with van der Waals surface area (Å²) in [6.45, 7) is 5.54. The van der Waals surface area contributed by atoms with Crippen LogP contribution in [0.5, 0.6) is 0 Å². The van der Waals surface area contributed by atoms with Gasteiger partial charge in [-0.25, -0.2) is 4.79 Å². The van der Waals surface area contributed by atoms with Crippen molar-refractivity contribution in [3.63, 3.8) is 0 Å². The van der Waals surface area contributed by atoms with Crippen LogP contribution < -0.4 is 4.90 Å². The Bertz CT molecular complexity index is 563. The van der Waals surface area contributed by atoms with E-state index >= 15 is 0 Å². The number of nitrogens with zero attached hydrogens (tertiary/aromatic N) is 3. The Morgan fingerprint density at radius 2 is 1.90 bits per heavy atom. The zero-order valence-corrected chi connectivity index (χ0v) is 12.3. The monoisotopic (exact) mass is 293 g/mol. The van der Waals surface area contributed by atoms with Gasteiger partial charge in [-0.15, -0.1) is 0 Å². The summed E-state index contributed by atoms with van der Waals surface area (Å²) < 4.78 is 0. The van der Waals surface area contributed by atoms with Crippen LogP contribution in [0.25, 0.3) is 0 Å². The molecule has 2 unspecified atom stereocenters. The summed E-state index contributed by atoms with van der Waals surface area (Å²) in [6.07, 6.45) is 0. The van der Waals surface area contributed by atoms with Gasteiger partial charge in [-0.3, -0.25) is 15.0 Å². The molecule has 2 rings (SSSR count). The van der Waals surface area contributed by atoms with Crippen molar-refractivity contribution in [3.05, 3.63) is 33.9 Å². The highest BCUT2D eigenvalue weighted by atomic mass is 16.6. The minimum absolute atomic E-state index is 0.0202. The smallest absolute Gasteiger partial charge is 0.338 e. The Labute approximate surface area is 122 Å². The average Bonchev–Trinajstić information content (AvgIpc) is 2.43. The number of nitro benzene ring substituents is 1. The topological polar surface area (TPSA) is 86.9 Å². The van der Waals surface area contributed by atoms with E-state index in [0.29, 0.717) is 18.8 Å². The quantitative estimate of drug-likeness (QED) is 0.675. The second-order valence-corrected chi connectivity index (χ2v) is 5.53. The molecule has 0 radical (unpaired) electrons. The van der Waals surface area contributed by atoms with Crippen LogP contribution in [0.2, 0.25) is 0 Å². The lowest BCUT2D eigenvalue weighted by molar-refractivity contribution is -0.384. The van der Waals surface area contributed by atoms with Crippen LogP contribution in [0.15, 0.2) is 18.2 Å². The van der Waals surface area contributed by atoms with E-state index in [1.165, 1.54) is 12.1 Å². The molecule has 1 aromatic carbocycles. The van der Waals surface area contributed by atoms with Crippen molar-refractivity contribution in [1.82, 2.24) is 4.90 Å². The lowest BCUT2D eigenvalue weighted by Gasteiger charge is -2.43. The van der Waals surface area contributed by atoms with Gasteiger partial charge in [0.15, 0.2) is 0 Å². The number of benzene rings is 1. The first-order valence-electron chi connectivity index (χ1n) is 6.80. The van der Waals surface area contributed by atoms with Crippen LogP contribution in [-0.4, -0.2) is 53.1 Å². The van der Waals surface area contributed by atoms with Crippen molar-refractivity contribution in [2.24, 2.45) is 0 Å². The van der Waals surface area contributed by atoms with E-state index in [0.717, 1.165) is 6.07 Å². The number of rotatable bonds is 3. The summed E-state index contributed by atoms with van der Waals surface area (Å²) in [5, 5.41) is 20.1. The maximum absolute atomic E-state index is 11.4. The van der Waals surface area contributed by atoms with E-state index in [1.807, 2.05) is 11.9 Å². The predicted molar refractivity (Wildman–Crippen MR) is 79.0 cm³/mol. The maximum atomic E-state index is 11.4. The number of piperazine rings is 1. The lowest BCUT2D eigenvalue weighted by atomic mass is 10.1. The molecule has 1 aliphatic heterocycles. The van der Waals surface area contributed by atoms with Crippen LogP contribution in [0.3, 0.4) is 0 Å². The van der Waals surface area contributed by atoms with Gasteiger partial charge in [0.2, 0.25) is 0 Å². The molecule has 2 atom stereocenters. The molecule has 21 heavy (non-hydrogen) atoms. The molecule has 1 saturated heterocycles. The predicted octanol–water partition coefficient (Wildman–Crippen LogP) is 1.82. The third kappa shape index (κ3) is 2.97. The molecule has 0 aliphatic carbocycles. The minimum Gasteiger partial charge on any atom is -0.478 e. The number of carbonyl (C=O) groups is 1. The highest BCUT2D eigenvalue weighted by molar-refractivity contribution is 5.95. The lowest BCUT2D eigenvalue weighted by Crippen LogP contribution is -2.55. The second-order valence-electron chi connectivity index (χ2n) is 5.53. The van der Waals surface area contributed by atoms with Crippen molar-refractivity contribution >= 4 is 17.3 Å². The van der Waals surface area contributed by atoms with E-state index in [9.17, 15) is 20.0 Å². The maximum Gasteiger partial charge on any atom is 0.338 e. The summed E-state index contributed by atoms with van der Waals surface area (Å²) in [5.41, 5.74) is 0.319. The molecule has 1 aliphatic rings. The van der Waals surface area contributed by atoms with E-state index in [-0.39, 0.29) is 23.3 Å². The van der Waals surface area contributed by atoms with Crippen LogP contribution in [0.4, 0.5) is 11.4 Å². The summed E-state index contributed by atoms with van der Waals surface area (Å²) in [6, 6.07) is 4.59. The number of likely N-dealkylation sites (N-methyl/N-ethyl adjacent to an activating group) is 1. The molecular weight excluding hydrogens is 274 g/mol. The molecule has 0 saturated carbocycles. The summed E-state index contributed by atoms with van der Waals surface area (Å²) in [4.78, 5) is 25.9. The molecule has 0 bridgehead atoms. The summed E-state index contributed by atoms with van der Waals surface area (Å²) in [5.74, 6) is -1.15. The Hall–Kier alpha value is -2.15. The third-order valence-corrected chi connectivity index (χ3v) is 4.12. The van der Waals surface area contributed by atoms with E-state index < -0.39 is 10.9 Å². The second kappa shape index (κ2) is 5.69. The van der Waals surface area contributed by atoms with Crippen LogP contribution in [0, 0.1) is 10.1 Å². The Morgan fingerprint density at radius 3 is 2.38 bits per heavy atom. The summed E-state index contributed by atoms with van der Waals surface area (Å²) >= 11 is 0. The van der Waals surface area contributed by atoms with Gasteiger partial charge >= 0.3 is 5.97 Å². The average molecular weight is 293 g/mol. The molecule has 1 fully saturated rings. The fraction of sp³-hybridized carbons (Fsp3) is 0.500. The first-order valence-corrected chi connectivity index (χ1v) is 6.80. The number of hydrogen-bond acceptors (Lipinski definition) is 5. The van der Waals surface area contributed by atoms with Crippen LogP contribution in [0.1, 0.15) is 24.2 Å². The number of hydrogen-bond donors (Lipinski definition) is 1. The van der Waals surface area contributed by atoms with E-state index in [1.54, 1.807) is 0 Å². The van der Waals surface area contributed by atoms with Crippen LogP contribution >= 0.6 is 0 Å². The van der Waals surface area contributed by atoms with Gasteiger partial charge in [-0.05, 0) is 27.0 Å². The molecule has 1 heterocycles. The number of non-ortho nitro benzene ring substituents is 1. The number of anilines is 1. The van der Waals surface area contributed by atoms with Gasteiger partial charge in [0.1, 0.15) is 0 Å². The molecular formula is C14H19N3O4. The Balaban J connectivity index is 2.39. The number of carboxylic acid groups (broad SMARTS) is 1. The molecule has 0 spiro atoms. The molecule has 0 aromatic heterocycles. The van der Waals surface area contributed by atoms with Gasteiger partial charge in [0.05, 0.1) is 16.2 Å². The number of nitro groups is 1. The Kier molecular flexibility index (Phi) is 4.13. The van der Waals surface area contributed by atoms with Crippen molar-refractivity contribution in [3.8, 4) is 0 Å². The fourth-order valence-corrected chi connectivity index (χ4v) is 2.69. The molecule has 1 N–H and O–H groups in total. The van der Waals surface area contributed by atoms with Crippen molar-refractivity contribution < 1.29 is 14.8 Å². The van der Waals surface area contributed by atoms with Gasteiger partial charge in [-0.2, -0.15) is 0 Å². The minimum atomic E-state index is -1.15. The Morgan fingerprint density at radius 1 is 1.33 bits per heavy atom. The largest absolute Gasteiger partial charge is 0.478 e. The standard InChI is InChI=1S/C14H19N3O4/c1-9-7-16(8-10(2)15(9)3)13-5-4-11(17(20)21)6-12(13)14(18)19/h4-6,9-10H,7-8H2,1-3H3,(H,18,19). The van der Waals surface area contributed by atoms with Crippen molar-refractivity contribution in [2.45, 2.75) is 25.9 Å². The zero-order valence-electron chi connectivity index (χ0n) is 12.3. The number of aromatic carboxylic acids is 1. The highest BCUT2D eigenvalue weighted by Crippen LogP contribution is 2.28.